The van der Waals surface area contributed by atoms with Gasteiger partial charge in [-0.1, -0.05) is 83.0 Å². The van der Waals surface area contributed by atoms with Gasteiger partial charge in [-0.2, -0.15) is 0 Å². The summed E-state index contributed by atoms with van der Waals surface area (Å²) in [6.45, 7) is 3.93. The Labute approximate surface area is 283 Å². The molecule has 0 saturated heterocycles. The molecule has 4 aromatic carbocycles. The first-order chi connectivity index (χ1) is 19.2. The second-order valence-electron chi connectivity index (χ2n) is 9.50. The SMILES string of the molecule is CN(C)CCCN1c2ccccc2Sc2ccc(Cl)cc21.Cc1ccc(Cl)c(Nc2ccccc2C(=O)[O-])c1Cl.[Na+]. The van der Waals surface area contributed by atoms with Crippen molar-refractivity contribution in [1.29, 1.82) is 0 Å². The van der Waals surface area contributed by atoms with Gasteiger partial charge < -0.3 is 25.0 Å². The van der Waals surface area contributed by atoms with Crippen LogP contribution < -0.4 is 44.9 Å². The van der Waals surface area contributed by atoms with Gasteiger partial charge in [0.25, 0.3) is 0 Å². The van der Waals surface area contributed by atoms with E-state index in [4.69, 9.17) is 34.8 Å². The van der Waals surface area contributed by atoms with E-state index in [9.17, 15) is 9.90 Å². The summed E-state index contributed by atoms with van der Waals surface area (Å²) in [4.78, 5) is 18.3. The Kier molecular flexibility index (Phi) is 12.8. The fraction of sp³-hybridized carbons (Fsp3) is 0.194. The predicted octanol–water partition coefficient (Wildman–Crippen LogP) is 5.31. The number of carbonyl (C=O) groups is 1. The third-order valence-corrected chi connectivity index (χ3v) is 8.43. The van der Waals surface area contributed by atoms with Gasteiger partial charge in [-0.3, -0.25) is 0 Å². The standard InChI is InChI=1S/C17H19ClN2S.C14H11Cl2NO2.Na/c1-19(2)10-5-11-20-14-6-3-4-7-16(14)21-17-9-8-13(18)12-15(17)20;1-8-6-7-10(15)13(12(8)16)17-11-5-3-2-4-9(11)14(18)19;/h3-4,6-9,12H,5,10-11H2,1-2H3;2-7,17H,1H3,(H,18,19);/q;;+1/p-1. The number of fused-ring (bicyclic) bond motifs is 2. The molecular formula is C31H29Cl3N3NaO2S. The number of nitrogens with zero attached hydrogens (tertiary/aromatic N) is 2. The number of carboxylic acid groups (broad SMARTS) is 1. The van der Waals surface area contributed by atoms with Crippen LogP contribution in [0.5, 0.6) is 0 Å². The Morgan fingerprint density at radius 2 is 1.61 bits per heavy atom. The zero-order valence-electron chi connectivity index (χ0n) is 23.4. The van der Waals surface area contributed by atoms with Crippen molar-refractivity contribution >= 4 is 75.3 Å². The van der Waals surface area contributed by atoms with Crippen LogP contribution in [0.2, 0.25) is 15.1 Å². The van der Waals surface area contributed by atoms with E-state index in [-0.39, 0.29) is 35.1 Å². The van der Waals surface area contributed by atoms with Crippen LogP contribution in [-0.2, 0) is 0 Å². The van der Waals surface area contributed by atoms with Crippen LogP contribution >= 0.6 is 46.6 Å². The number of aromatic carboxylic acids is 1. The quantitative estimate of drug-likeness (QED) is 0.278. The van der Waals surface area contributed by atoms with Gasteiger partial charge in [0, 0.05) is 32.6 Å². The fourth-order valence-corrected chi connectivity index (χ4v) is 5.97. The van der Waals surface area contributed by atoms with Gasteiger partial charge >= 0.3 is 29.6 Å². The summed E-state index contributed by atoms with van der Waals surface area (Å²) in [5.41, 5.74) is 4.28. The van der Waals surface area contributed by atoms with Gasteiger partial charge in [0.15, 0.2) is 0 Å². The first-order valence-electron chi connectivity index (χ1n) is 12.7. The minimum Gasteiger partial charge on any atom is -0.545 e. The van der Waals surface area contributed by atoms with Crippen molar-refractivity contribution in [2.45, 2.75) is 23.1 Å². The number of hydrogen-bond donors (Lipinski definition) is 1. The molecule has 1 aliphatic heterocycles. The molecule has 208 valence electrons. The van der Waals surface area contributed by atoms with E-state index < -0.39 is 5.97 Å². The normalized spacial score (nSPS) is 11.5. The largest absolute Gasteiger partial charge is 1.00 e. The maximum absolute atomic E-state index is 11.0. The molecule has 1 heterocycles. The van der Waals surface area contributed by atoms with Gasteiger partial charge in [-0.25, -0.2) is 0 Å². The number of rotatable bonds is 7. The molecule has 0 bridgehead atoms. The fourth-order valence-electron chi connectivity index (χ4n) is 4.26. The summed E-state index contributed by atoms with van der Waals surface area (Å²) in [7, 11) is 4.23. The number of para-hydroxylation sites is 2. The van der Waals surface area contributed by atoms with E-state index in [0.29, 0.717) is 21.4 Å². The first kappa shape index (κ1) is 33.6. The van der Waals surface area contributed by atoms with E-state index >= 15 is 0 Å². The van der Waals surface area contributed by atoms with E-state index in [2.05, 4.69) is 65.6 Å². The van der Waals surface area contributed by atoms with Gasteiger partial charge in [0.2, 0.25) is 0 Å². The predicted molar refractivity (Wildman–Crippen MR) is 167 cm³/mol. The molecule has 0 aromatic heterocycles. The Balaban J connectivity index is 0.000000221. The van der Waals surface area contributed by atoms with Gasteiger partial charge in [-0.05, 0) is 82.0 Å². The molecule has 0 aliphatic carbocycles. The van der Waals surface area contributed by atoms with E-state index in [1.165, 1.54) is 27.2 Å². The van der Waals surface area contributed by atoms with Crippen LogP contribution in [0.4, 0.5) is 22.7 Å². The molecule has 0 saturated carbocycles. The van der Waals surface area contributed by atoms with Crippen LogP contribution in [0.15, 0.2) is 88.7 Å². The summed E-state index contributed by atoms with van der Waals surface area (Å²) in [5, 5.41) is 15.7. The van der Waals surface area contributed by atoms with Crippen molar-refractivity contribution in [3.05, 3.63) is 105 Å². The molecule has 0 amide bonds. The molecule has 0 fully saturated rings. The number of aryl methyl sites for hydroxylation is 1. The van der Waals surface area contributed by atoms with Crippen molar-refractivity contribution in [2.24, 2.45) is 0 Å². The zero-order chi connectivity index (χ0) is 28.8. The van der Waals surface area contributed by atoms with Gasteiger partial charge in [0.1, 0.15) is 0 Å². The summed E-state index contributed by atoms with van der Waals surface area (Å²) in [6, 6.07) is 24.7. The Hall–Kier alpha value is -1.87. The number of benzene rings is 4. The molecule has 0 radical (unpaired) electrons. The Morgan fingerprint density at radius 3 is 2.34 bits per heavy atom. The second-order valence-corrected chi connectivity index (χ2v) is 11.8. The molecule has 4 aromatic rings. The number of carboxylic acids is 1. The number of nitrogens with one attached hydrogen (secondary N) is 1. The third-order valence-electron chi connectivity index (χ3n) is 6.27. The van der Waals surface area contributed by atoms with E-state index in [1.807, 2.05) is 24.8 Å². The molecule has 5 rings (SSSR count). The van der Waals surface area contributed by atoms with Crippen molar-refractivity contribution < 1.29 is 39.5 Å². The Bertz CT molecular complexity index is 1520. The van der Waals surface area contributed by atoms with Crippen molar-refractivity contribution in [3.63, 3.8) is 0 Å². The van der Waals surface area contributed by atoms with Gasteiger partial charge in [0.05, 0.1) is 33.1 Å². The smallest absolute Gasteiger partial charge is 0.545 e. The number of anilines is 4. The summed E-state index contributed by atoms with van der Waals surface area (Å²) in [6.07, 6.45) is 1.12. The number of carbonyl (C=O) groups excluding carboxylic acids is 1. The summed E-state index contributed by atoms with van der Waals surface area (Å²) in [5.74, 6) is -1.26. The van der Waals surface area contributed by atoms with Crippen molar-refractivity contribution in [3.8, 4) is 0 Å². The second kappa shape index (κ2) is 15.6. The average Bonchev–Trinajstić information content (AvgIpc) is 2.93. The van der Waals surface area contributed by atoms with Crippen LogP contribution in [0, 0.1) is 6.92 Å². The molecule has 1 aliphatic rings. The molecule has 0 spiro atoms. The number of halogens is 3. The monoisotopic (exact) mass is 635 g/mol. The summed E-state index contributed by atoms with van der Waals surface area (Å²) >= 11 is 20.3. The minimum atomic E-state index is -1.26. The van der Waals surface area contributed by atoms with Crippen LogP contribution in [0.3, 0.4) is 0 Å². The molecule has 1 N–H and O–H groups in total. The maximum atomic E-state index is 11.0. The van der Waals surface area contributed by atoms with E-state index in [0.717, 1.165) is 30.1 Å². The van der Waals surface area contributed by atoms with Crippen molar-refractivity contribution in [1.82, 2.24) is 4.90 Å². The molecular weight excluding hydrogens is 608 g/mol. The molecule has 5 nitrogen and oxygen atoms in total. The van der Waals surface area contributed by atoms with Gasteiger partial charge in [-0.15, -0.1) is 0 Å². The molecule has 0 unspecified atom stereocenters. The van der Waals surface area contributed by atoms with Crippen LogP contribution in [0.1, 0.15) is 22.3 Å². The van der Waals surface area contributed by atoms with Crippen LogP contribution in [-0.4, -0.2) is 38.1 Å². The van der Waals surface area contributed by atoms with E-state index in [1.54, 1.807) is 30.3 Å². The molecule has 10 heteroatoms. The molecule has 0 atom stereocenters. The number of hydrogen-bond acceptors (Lipinski definition) is 6. The van der Waals surface area contributed by atoms with Crippen LogP contribution in [0.25, 0.3) is 0 Å². The van der Waals surface area contributed by atoms with Crippen molar-refractivity contribution in [2.75, 3.05) is 37.4 Å². The minimum absolute atomic E-state index is 0. The average molecular weight is 637 g/mol. The maximum Gasteiger partial charge on any atom is 1.00 e. The summed E-state index contributed by atoms with van der Waals surface area (Å²) < 4.78 is 0. The molecule has 41 heavy (non-hydrogen) atoms. The first-order valence-corrected chi connectivity index (χ1v) is 14.6. The zero-order valence-corrected chi connectivity index (χ0v) is 28.5. The third kappa shape index (κ3) is 8.59. The topological polar surface area (TPSA) is 58.6 Å². The Morgan fingerprint density at radius 1 is 0.927 bits per heavy atom.